The van der Waals surface area contributed by atoms with Crippen LogP contribution in [-0.2, 0) is 10.2 Å². The van der Waals surface area contributed by atoms with Crippen LogP contribution in [-0.4, -0.2) is 18.3 Å². The number of rotatable bonds is 2. The first-order valence-electron chi connectivity index (χ1n) is 4.38. The minimum Gasteiger partial charge on any atom is -0.258 e. The molecule has 0 aliphatic rings. The zero-order valence-corrected chi connectivity index (χ0v) is 9.02. The van der Waals surface area contributed by atoms with Crippen molar-refractivity contribution in [2.75, 3.05) is 0 Å². The zero-order chi connectivity index (χ0) is 12.6. The molecule has 0 spiro atoms. The molecule has 0 N–H and O–H groups in total. The van der Waals surface area contributed by atoms with Gasteiger partial charge < -0.3 is 0 Å². The molecule has 6 nitrogen and oxygen atoms in total. The van der Waals surface area contributed by atoms with Crippen LogP contribution in [0.3, 0.4) is 0 Å². The zero-order valence-electron chi connectivity index (χ0n) is 8.20. The second-order valence-electron chi connectivity index (χ2n) is 3.18. The Balaban J connectivity index is 2.98. The highest BCUT2D eigenvalue weighted by Crippen LogP contribution is 2.32. The second kappa shape index (κ2) is 3.74. The summed E-state index contributed by atoms with van der Waals surface area (Å²) in [7, 11) is -5.14. The highest BCUT2D eigenvalue weighted by atomic mass is 32.3. The van der Waals surface area contributed by atoms with Gasteiger partial charge in [-0.1, -0.05) is 0 Å². The Morgan fingerprint density at radius 2 is 2.00 bits per heavy atom. The molecule has 88 valence electrons. The van der Waals surface area contributed by atoms with Gasteiger partial charge in [-0.15, -0.1) is 3.89 Å². The average Bonchev–Trinajstić information content (AvgIpc) is 2.26. The molecular formula is C9H5FN2O4S. The SMILES string of the molecule is O=[N+]([O-])c1c(S(=O)(=O)F)ccc2ncccc12. The van der Waals surface area contributed by atoms with E-state index in [9.17, 15) is 22.4 Å². The monoisotopic (exact) mass is 256 g/mol. The Hall–Kier alpha value is -2.09. The van der Waals surface area contributed by atoms with Crippen LogP contribution in [0.15, 0.2) is 35.4 Å². The molecule has 0 atom stereocenters. The van der Waals surface area contributed by atoms with Crippen molar-refractivity contribution >= 4 is 26.8 Å². The fourth-order valence-corrected chi connectivity index (χ4v) is 2.15. The number of hydrogen-bond acceptors (Lipinski definition) is 5. The number of halogens is 1. The van der Waals surface area contributed by atoms with E-state index < -0.39 is 25.7 Å². The second-order valence-corrected chi connectivity index (χ2v) is 4.49. The van der Waals surface area contributed by atoms with Crippen LogP contribution in [0.1, 0.15) is 0 Å². The largest absolute Gasteiger partial charge is 0.338 e. The van der Waals surface area contributed by atoms with E-state index in [4.69, 9.17) is 0 Å². The molecule has 0 bridgehead atoms. The maximum atomic E-state index is 12.9. The van der Waals surface area contributed by atoms with Gasteiger partial charge in [-0.3, -0.25) is 15.1 Å². The van der Waals surface area contributed by atoms with E-state index in [0.717, 1.165) is 6.07 Å². The summed E-state index contributed by atoms with van der Waals surface area (Å²) in [5.74, 6) is 0. The molecule has 1 heterocycles. The first-order chi connectivity index (χ1) is 7.91. The third-order valence-corrected chi connectivity index (χ3v) is 3.02. The molecule has 0 saturated heterocycles. The van der Waals surface area contributed by atoms with Gasteiger partial charge in [0.15, 0.2) is 4.90 Å². The minimum atomic E-state index is -5.14. The molecule has 0 fully saturated rings. The van der Waals surface area contributed by atoms with E-state index >= 15 is 0 Å². The molecule has 1 aromatic carbocycles. The van der Waals surface area contributed by atoms with E-state index in [1.165, 1.54) is 24.4 Å². The predicted octanol–water partition coefficient (Wildman–Crippen LogP) is 1.80. The normalized spacial score (nSPS) is 11.6. The Kier molecular flexibility index (Phi) is 2.50. The summed E-state index contributed by atoms with van der Waals surface area (Å²) >= 11 is 0. The van der Waals surface area contributed by atoms with Crippen LogP contribution in [0, 0.1) is 10.1 Å². The fraction of sp³-hybridized carbons (Fsp3) is 0. The average molecular weight is 256 g/mol. The Morgan fingerprint density at radius 3 is 2.59 bits per heavy atom. The number of nitro groups is 1. The summed E-state index contributed by atoms with van der Waals surface area (Å²) < 4.78 is 34.5. The van der Waals surface area contributed by atoms with Gasteiger partial charge in [0.05, 0.1) is 15.8 Å². The van der Waals surface area contributed by atoms with Crippen molar-refractivity contribution in [3.05, 3.63) is 40.6 Å². The summed E-state index contributed by atoms with van der Waals surface area (Å²) in [6.07, 6.45) is 1.40. The van der Waals surface area contributed by atoms with Crippen LogP contribution in [0.2, 0.25) is 0 Å². The van der Waals surface area contributed by atoms with Gasteiger partial charge in [0.2, 0.25) is 0 Å². The van der Waals surface area contributed by atoms with Gasteiger partial charge in [-0.05, 0) is 24.3 Å². The first-order valence-corrected chi connectivity index (χ1v) is 5.76. The number of fused-ring (bicyclic) bond motifs is 1. The van der Waals surface area contributed by atoms with Crippen molar-refractivity contribution < 1.29 is 17.2 Å². The number of pyridine rings is 1. The molecular weight excluding hydrogens is 251 g/mol. The summed E-state index contributed by atoms with van der Waals surface area (Å²) in [6, 6.07) is 4.77. The lowest BCUT2D eigenvalue weighted by Crippen LogP contribution is -2.00. The van der Waals surface area contributed by atoms with Crippen molar-refractivity contribution in [1.29, 1.82) is 0 Å². The van der Waals surface area contributed by atoms with Gasteiger partial charge in [0.25, 0.3) is 5.69 Å². The van der Waals surface area contributed by atoms with Crippen molar-refractivity contribution in [1.82, 2.24) is 4.98 Å². The number of nitrogens with zero attached hydrogens (tertiary/aromatic N) is 2. The third-order valence-electron chi connectivity index (χ3n) is 2.16. The summed E-state index contributed by atoms with van der Waals surface area (Å²) in [6.45, 7) is 0. The van der Waals surface area contributed by atoms with Crippen LogP contribution < -0.4 is 0 Å². The smallest absolute Gasteiger partial charge is 0.258 e. The van der Waals surface area contributed by atoms with E-state index in [-0.39, 0.29) is 10.9 Å². The summed E-state index contributed by atoms with van der Waals surface area (Å²) in [5.41, 5.74) is -0.565. The lowest BCUT2D eigenvalue weighted by molar-refractivity contribution is -0.386. The molecule has 0 amide bonds. The van der Waals surface area contributed by atoms with Gasteiger partial charge in [-0.25, -0.2) is 0 Å². The van der Waals surface area contributed by atoms with Crippen molar-refractivity contribution in [3.63, 3.8) is 0 Å². The van der Waals surface area contributed by atoms with E-state index in [2.05, 4.69) is 4.98 Å². The molecule has 2 rings (SSSR count). The first kappa shape index (κ1) is 11.4. The summed E-state index contributed by atoms with van der Waals surface area (Å²) in [5, 5.41) is 10.8. The van der Waals surface area contributed by atoms with Crippen LogP contribution >= 0.6 is 0 Å². The highest BCUT2D eigenvalue weighted by molar-refractivity contribution is 7.86. The summed E-state index contributed by atoms with van der Waals surface area (Å²) in [4.78, 5) is 12.8. The van der Waals surface area contributed by atoms with Crippen molar-refractivity contribution in [3.8, 4) is 0 Å². The molecule has 8 heteroatoms. The van der Waals surface area contributed by atoms with Gasteiger partial charge >= 0.3 is 10.2 Å². The predicted molar refractivity (Wildman–Crippen MR) is 56.7 cm³/mol. The van der Waals surface area contributed by atoms with E-state index in [1.807, 2.05) is 0 Å². The molecule has 0 saturated carbocycles. The topological polar surface area (TPSA) is 90.2 Å². The van der Waals surface area contributed by atoms with Crippen LogP contribution in [0.4, 0.5) is 9.57 Å². The number of nitro benzene ring substituents is 1. The van der Waals surface area contributed by atoms with Gasteiger partial charge in [0, 0.05) is 6.20 Å². The molecule has 17 heavy (non-hydrogen) atoms. The Labute approximate surface area is 95.1 Å². The van der Waals surface area contributed by atoms with E-state index in [1.54, 1.807) is 0 Å². The van der Waals surface area contributed by atoms with Crippen LogP contribution in [0.5, 0.6) is 0 Å². The molecule has 0 unspecified atom stereocenters. The standard InChI is InChI=1S/C9H5FN2O4S/c10-17(15,16)8-4-3-7-6(2-1-5-11-7)9(8)12(13)14/h1-5H. The quantitative estimate of drug-likeness (QED) is 0.464. The fourth-order valence-electron chi connectivity index (χ4n) is 1.50. The molecule has 0 radical (unpaired) electrons. The van der Waals surface area contributed by atoms with Crippen molar-refractivity contribution in [2.45, 2.75) is 4.90 Å². The molecule has 1 aromatic heterocycles. The van der Waals surface area contributed by atoms with E-state index in [0.29, 0.717) is 0 Å². The third kappa shape index (κ3) is 1.94. The molecule has 0 aliphatic heterocycles. The number of benzene rings is 1. The lowest BCUT2D eigenvalue weighted by atomic mass is 10.2. The van der Waals surface area contributed by atoms with Crippen molar-refractivity contribution in [2.24, 2.45) is 0 Å². The maximum absolute atomic E-state index is 12.9. The Morgan fingerprint density at radius 1 is 1.29 bits per heavy atom. The molecule has 0 aliphatic carbocycles. The maximum Gasteiger partial charge on any atom is 0.338 e. The number of aromatic nitrogens is 1. The lowest BCUT2D eigenvalue weighted by Gasteiger charge is -2.01. The number of hydrogen-bond donors (Lipinski definition) is 0. The van der Waals surface area contributed by atoms with Gasteiger partial charge in [0.1, 0.15) is 0 Å². The van der Waals surface area contributed by atoms with Gasteiger partial charge in [-0.2, -0.15) is 8.42 Å². The Bertz CT molecular complexity index is 714. The minimum absolute atomic E-state index is 0.0174. The molecule has 2 aromatic rings. The van der Waals surface area contributed by atoms with Crippen LogP contribution in [0.25, 0.3) is 10.9 Å². The highest BCUT2D eigenvalue weighted by Gasteiger charge is 2.28.